The molecule has 0 saturated heterocycles. The Morgan fingerprint density at radius 1 is 1.33 bits per heavy atom. The zero-order chi connectivity index (χ0) is 16.4. The maximum absolute atomic E-state index is 11.4. The summed E-state index contributed by atoms with van der Waals surface area (Å²) in [7, 11) is 0. The van der Waals surface area contributed by atoms with Crippen molar-refractivity contribution < 1.29 is 9.90 Å². The van der Waals surface area contributed by atoms with Gasteiger partial charge in [-0.15, -0.1) is 11.3 Å². The number of aliphatic carboxylic acids is 1. The normalized spacial score (nSPS) is 15.2. The van der Waals surface area contributed by atoms with Crippen molar-refractivity contribution in [1.82, 2.24) is 10.3 Å². The lowest BCUT2D eigenvalue weighted by Gasteiger charge is -2.21. The van der Waals surface area contributed by atoms with E-state index < -0.39 is 12.0 Å². The second kappa shape index (κ2) is 6.88. The van der Waals surface area contributed by atoms with Crippen LogP contribution in [-0.4, -0.2) is 22.1 Å². The smallest absolute Gasteiger partial charge is 0.320 e. The number of hydrogen-bond donors (Lipinski definition) is 2. The minimum atomic E-state index is -0.784. The van der Waals surface area contributed by atoms with Crippen molar-refractivity contribution in [1.29, 1.82) is 0 Å². The van der Waals surface area contributed by atoms with Gasteiger partial charge in [0.05, 0.1) is 10.7 Å². The topological polar surface area (TPSA) is 62.2 Å². The standard InChI is InChI=1S/C16H28N2O2S/c1-9(2)8-12(14(19)20)17-10(3)13-11(4)18-15(21-13)16(5,6)7/h9-10,12,17H,8H2,1-7H3,(H,19,20). The fraction of sp³-hybridized carbons (Fsp3) is 0.750. The van der Waals surface area contributed by atoms with Gasteiger partial charge in [-0.25, -0.2) is 4.98 Å². The van der Waals surface area contributed by atoms with Crippen LogP contribution in [0.1, 0.15) is 69.6 Å². The van der Waals surface area contributed by atoms with Gasteiger partial charge in [0.2, 0.25) is 0 Å². The third kappa shape index (κ3) is 5.08. The number of aryl methyl sites for hydroxylation is 1. The van der Waals surface area contributed by atoms with Gasteiger partial charge >= 0.3 is 5.97 Å². The molecule has 1 aromatic heterocycles. The minimum absolute atomic E-state index is 0.00144. The first kappa shape index (κ1) is 18.1. The van der Waals surface area contributed by atoms with Gasteiger partial charge in [-0.2, -0.15) is 0 Å². The van der Waals surface area contributed by atoms with Crippen molar-refractivity contribution in [2.24, 2.45) is 5.92 Å². The molecule has 0 saturated carbocycles. The molecule has 120 valence electrons. The van der Waals surface area contributed by atoms with E-state index in [9.17, 15) is 9.90 Å². The van der Waals surface area contributed by atoms with Crippen LogP contribution in [0, 0.1) is 12.8 Å². The molecule has 0 aliphatic heterocycles. The molecule has 0 spiro atoms. The van der Waals surface area contributed by atoms with Crippen LogP contribution in [0.25, 0.3) is 0 Å². The number of nitrogens with zero attached hydrogens (tertiary/aromatic N) is 1. The lowest BCUT2D eigenvalue weighted by molar-refractivity contribution is -0.140. The highest BCUT2D eigenvalue weighted by Crippen LogP contribution is 2.32. The molecule has 1 rings (SSSR count). The Morgan fingerprint density at radius 2 is 1.90 bits per heavy atom. The molecule has 1 aromatic rings. The lowest BCUT2D eigenvalue weighted by Crippen LogP contribution is -2.39. The third-order valence-electron chi connectivity index (χ3n) is 3.32. The number of carboxylic acid groups (broad SMARTS) is 1. The maximum Gasteiger partial charge on any atom is 0.320 e. The zero-order valence-corrected chi connectivity index (χ0v) is 15.0. The van der Waals surface area contributed by atoms with Gasteiger partial charge in [-0.1, -0.05) is 34.6 Å². The molecule has 0 aliphatic carbocycles. The summed E-state index contributed by atoms with van der Waals surface area (Å²) in [6.07, 6.45) is 0.629. The summed E-state index contributed by atoms with van der Waals surface area (Å²) in [4.78, 5) is 17.2. The van der Waals surface area contributed by atoms with Crippen LogP contribution < -0.4 is 5.32 Å². The molecule has 2 unspecified atom stereocenters. The first-order chi connectivity index (χ1) is 9.52. The van der Waals surface area contributed by atoms with Crippen LogP contribution in [0.3, 0.4) is 0 Å². The van der Waals surface area contributed by atoms with Gasteiger partial charge in [-0.3, -0.25) is 10.1 Å². The van der Waals surface area contributed by atoms with Gasteiger partial charge < -0.3 is 5.11 Å². The number of carboxylic acids is 1. The Kier molecular flexibility index (Phi) is 5.93. The van der Waals surface area contributed by atoms with Crippen molar-refractivity contribution in [3.05, 3.63) is 15.6 Å². The fourth-order valence-electron chi connectivity index (χ4n) is 2.22. The molecule has 21 heavy (non-hydrogen) atoms. The second-order valence-corrected chi connectivity index (χ2v) is 8.16. The molecule has 0 fully saturated rings. The van der Waals surface area contributed by atoms with Crippen LogP contribution in [0.2, 0.25) is 0 Å². The van der Waals surface area contributed by atoms with E-state index in [1.807, 2.05) is 27.7 Å². The van der Waals surface area contributed by atoms with Gasteiger partial charge in [0.1, 0.15) is 6.04 Å². The van der Waals surface area contributed by atoms with Crippen molar-refractivity contribution in [2.45, 2.75) is 72.4 Å². The summed E-state index contributed by atoms with van der Waals surface area (Å²) < 4.78 is 0. The van der Waals surface area contributed by atoms with Gasteiger partial charge in [0, 0.05) is 16.3 Å². The van der Waals surface area contributed by atoms with E-state index in [1.54, 1.807) is 11.3 Å². The summed E-state index contributed by atoms with van der Waals surface area (Å²) in [6, 6.07) is -0.516. The SMILES string of the molecule is Cc1nc(C(C)(C)C)sc1C(C)NC(CC(C)C)C(=O)O. The molecule has 0 aromatic carbocycles. The van der Waals surface area contributed by atoms with Crippen LogP contribution in [-0.2, 0) is 10.2 Å². The van der Waals surface area contributed by atoms with Gasteiger partial charge in [0.25, 0.3) is 0 Å². The predicted octanol–water partition coefficient (Wildman–Crippen LogP) is 3.90. The maximum atomic E-state index is 11.4. The number of carbonyl (C=O) groups is 1. The van der Waals surface area contributed by atoms with E-state index >= 15 is 0 Å². The molecule has 0 radical (unpaired) electrons. The lowest BCUT2D eigenvalue weighted by atomic mass is 9.98. The molecule has 0 amide bonds. The average molecular weight is 312 g/mol. The summed E-state index contributed by atoms with van der Waals surface area (Å²) in [5.74, 6) is -0.438. The van der Waals surface area contributed by atoms with E-state index in [0.717, 1.165) is 15.6 Å². The van der Waals surface area contributed by atoms with E-state index in [1.165, 1.54) is 0 Å². The van der Waals surface area contributed by atoms with Crippen molar-refractivity contribution >= 4 is 17.3 Å². The van der Waals surface area contributed by atoms with Gasteiger partial charge in [0.15, 0.2) is 0 Å². The van der Waals surface area contributed by atoms with Crippen LogP contribution in [0.4, 0.5) is 0 Å². The highest BCUT2D eigenvalue weighted by molar-refractivity contribution is 7.12. The van der Waals surface area contributed by atoms with E-state index in [0.29, 0.717) is 12.3 Å². The molecule has 5 heteroatoms. The highest BCUT2D eigenvalue weighted by atomic mass is 32.1. The quantitative estimate of drug-likeness (QED) is 0.836. The largest absolute Gasteiger partial charge is 0.480 e. The molecule has 2 N–H and O–H groups in total. The fourth-order valence-corrected chi connectivity index (χ4v) is 3.36. The van der Waals surface area contributed by atoms with Crippen LogP contribution in [0.5, 0.6) is 0 Å². The molecule has 4 nitrogen and oxygen atoms in total. The first-order valence-electron chi connectivity index (χ1n) is 7.49. The molecular formula is C16H28N2O2S. The summed E-state index contributed by atoms with van der Waals surface area (Å²) in [5, 5.41) is 13.7. The number of hydrogen-bond acceptors (Lipinski definition) is 4. The highest BCUT2D eigenvalue weighted by Gasteiger charge is 2.26. The van der Waals surface area contributed by atoms with Crippen molar-refractivity contribution in [2.75, 3.05) is 0 Å². The summed E-state index contributed by atoms with van der Waals surface area (Å²) >= 11 is 1.68. The van der Waals surface area contributed by atoms with Gasteiger partial charge in [-0.05, 0) is 26.2 Å². The van der Waals surface area contributed by atoms with Crippen molar-refractivity contribution in [3.63, 3.8) is 0 Å². The molecule has 2 atom stereocenters. The van der Waals surface area contributed by atoms with Crippen molar-refractivity contribution in [3.8, 4) is 0 Å². The zero-order valence-electron chi connectivity index (χ0n) is 14.2. The Hall–Kier alpha value is -0.940. The van der Waals surface area contributed by atoms with E-state index in [4.69, 9.17) is 0 Å². The van der Waals surface area contributed by atoms with Crippen LogP contribution in [0.15, 0.2) is 0 Å². The summed E-state index contributed by atoms with van der Waals surface area (Å²) in [5.41, 5.74) is 1.02. The second-order valence-electron chi connectivity index (χ2n) is 7.13. The Bertz CT molecular complexity index is 489. The molecular weight excluding hydrogens is 284 g/mol. The summed E-state index contributed by atoms with van der Waals surface area (Å²) in [6.45, 7) is 14.5. The number of thiazole rings is 1. The number of rotatable bonds is 6. The Balaban J connectivity index is 2.90. The predicted molar refractivity (Wildman–Crippen MR) is 88.0 cm³/mol. The molecule has 0 aliphatic rings. The number of aromatic nitrogens is 1. The average Bonchev–Trinajstić information content (AvgIpc) is 2.69. The third-order valence-corrected chi connectivity index (χ3v) is 5.09. The van der Waals surface area contributed by atoms with Crippen LogP contribution >= 0.6 is 11.3 Å². The first-order valence-corrected chi connectivity index (χ1v) is 8.30. The number of nitrogens with one attached hydrogen (secondary N) is 1. The minimum Gasteiger partial charge on any atom is -0.480 e. The molecule has 0 bridgehead atoms. The van der Waals surface area contributed by atoms with E-state index in [2.05, 4.69) is 31.1 Å². The Morgan fingerprint density at radius 3 is 2.29 bits per heavy atom. The monoisotopic (exact) mass is 312 g/mol. The molecule has 1 heterocycles. The van der Waals surface area contributed by atoms with E-state index in [-0.39, 0.29) is 11.5 Å². The Labute approximate surface area is 132 Å².